The molecular weight excluding hydrogens is 232 g/mol. The zero-order valence-electron chi connectivity index (χ0n) is 10.1. The topological polar surface area (TPSA) is 48.7 Å². The maximum absolute atomic E-state index is 12.3. The maximum atomic E-state index is 12.3. The van der Waals surface area contributed by atoms with Crippen LogP contribution in [0, 0.1) is 0 Å². The lowest BCUT2D eigenvalue weighted by atomic mass is 10.1. The van der Waals surface area contributed by atoms with Crippen molar-refractivity contribution in [1.29, 1.82) is 0 Å². The standard InChI is InChI=1S/C14H14O4/c1-9-6-7-16-14(18-9)11-8-17-12-5-3-2-4-10(12)13(11)15/h2-5,8-9,14H,6-7H2,1H3/t9-,14+/m0/s1. The predicted molar refractivity (Wildman–Crippen MR) is 66.3 cm³/mol. The average molecular weight is 246 g/mol. The van der Waals surface area contributed by atoms with Crippen LogP contribution < -0.4 is 5.43 Å². The van der Waals surface area contributed by atoms with Crippen molar-refractivity contribution in [2.75, 3.05) is 6.61 Å². The molecule has 1 aromatic carbocycles. The lowest BCUT2D eigenvalue weighted by Crippen LogP contribution is -2.28. The first kappa shape index (κ1) is 11.4. The summed E-state index contributed by atoms with van der Waals surface area (Å²) in [6.45, 7) is 2.57. The number of fused-ring (bicyclic) bond motifs is 1. The van der Waals surface area contributed by atoms with Crippen LogP contribution >= 0.6 is 0 Å². The van der Waals surface area contributed by atoms with E-state index in [9.17, 15) is 4.79 Å². The van der Waals surface area contributed by atoms with Crippen molar-refractivity contribution in [3.05, 3.63) is 46.3 Å². The molecule has 2 atom stereocenters. The molecule has 0 radical (unpaired) electrons. The van der Waals surface area contributed by atoms with E-state index in [4.69, 9.17) is 13.9 Å². The van der Waals surface area contributed by atoms with Crippen LogP contribution in [0.1, 0.15) is 25.2 Å². The summed E-state index contributed by atoms with van der Waals surface area (Å²) in [4.78, 5) is 12.3. The molecule has 1 aliphatic rings. The number of hydrogen-bond donors (Lipinski definition) is 0. The highest BCUT2D eigenvalue weighted by Crippen LogP contribution is 2.25. The summed E-state index contributed by atoms with van der Waals surface area (Å²) in [6.07, 6.45) is 1.76. The van der Waals surface area contributed by atoms with Crippen LogP contribution in [0.25, 0.3) is 11.0 Å². The number of hydrogen-bond acceptors (Lipinski definition) is 4. The van der Waals surface area contributed by atoms with Crippen LogP contribution in [0.3, 0.4) is 0 Å². The van der Waals surface area contributed by atoms with Gasteiger partial charge in [0.1, 0.15) is 11.8 Å². The molecule has 94 valence electrons. The fraction of sp³-hybridized carbons (Fsp3) is 0.357. The summed E-state index contributed by atoms with van der Waals surface area (Å²) >= 11 is 0. The molecule has 0 bridgehead atoms. The molecule has 1 fully saturated rings. The number of rotatable bonds is 1. The molecule has 0 unspecified atom stereocenters. The molecule has 1 aliphatic heterocycles. The number of ether oxygens (including phenoxy) is 2. The summed E-state index contributed by atoms with van der Waals surface area (Å²) in [5.74, 6) is 0. The molecule has 0 spiro atoms. The molecule has 2 aromatic rings. The Morgan fingerprint density at radius 1 is 1.28 bits per heavy atom. The first-order valence-electron chi connectivity index (χ1n) is 6.03. The average Bonchev–Trinajstić information content (AvgIpc) is 2.39. The van der Waals surface area contributed by atoms with Gasteiger partial charge in [0.25, 0.3) is 0 Å². The van der Waals surface area contributed by atoms with Gasteiger partial charge in [-0.05, 0) is 25.5 Å². The SMILES string of the molecule is C[C@H]1CCO[C@@H](c2coc3ccccc3c2=O)O1. The van der Waals surface area contributed by atoms with Crippen molar-refractivity contribution >= 4 is 11.0 Å². The van der Waals surface area contributed by atoms with Gasteiger partial charge in [-0.15, -0.1) is 0 Å². The minimum Gasteiger partial charge on any atom is -0.464 e. The summed E-state index contributed by atoms with van der Waals surface area (Å²) in [7, 11) is 0. The van der Waals surface area contributed by atoms with Crippen LogP contribution in [0.4, 0.5) is 0 Å². The van der Waals surface area contributed by atoms with Gasteiger partial charge in [0.2, 0.25) is 5.43 Å². The normalized spacial score (nSPS) is 24.3. The highest BCUT2D eigenvalue weighted by molar-refractivity contribution is 5.76. The number of benzene rings is 1. The monoisotopic (exact) mass is 246 g/mol. The number of para-hydroxylation sites is 1. The fourth-order valence-corrected chi connectivity index (χ4v) is 2.08. The molecule has 18 heavy (non-hydrogen) atoms. The van der Waals surface area contributed by atoms with Gasteiger partial charge in [-0.1, -0.05) is 12.1 Å². The van der Waals surface area contributed by atoms with Crippen LogP contribution in [-0.4, -0.2) is 12.7 Å². The summed E-state index contributed by atoms with van der Waals surface area (Å²) in [5, 5.41) is 0.556. The molecule has 0 amide bonds. The molecule has 0 N–H and O–H groups in total. The maximum Gasteiger partial charge on any atom is 0.200 e. The Bertz CT molecular complexity index is 616. The second kappa shape index (κ2) is 4.55. The quantitative estimate of drug-likeness (QED) is 0.776. The third-order valence-electron chi connectivity index (χ3n) is 3.11. The Labute approximate surface area is 104 Å². The first-order valence-corrected chi connectivity index (χ1v) is 6.03. The highest BCUT2D eigenvalue weighted by atomic mass is 16.7. The highest BCUT2D eigenvalue weighted by Gasteiger charge is 2.25. The van der Waals surface area contributed by atoms with Crippen LogP contribution in [0.2, 0.25) is 0 Å². The van der Waals surface area contributed by atoms with Crippen molar-refractivity contribution in [1.82, 2.24) is 0 Å². The van der Waals surface area contributed by atoms with Gasteiger partial charge in [0.05, 0.1) is 23.7 Å². The predicted octanol–water partition coefficient (Wildman–Crippen LogP) is 2.62. The Kier molecular flexibility index (Phi) is 2.89. The van der Waals surface area contributed by atoms with Gasteiger partial charge < -0.3 is 13.9 Å². The van der Waals surface area contributed by atoms with E-state index in [1.807, 2.05) is 19.1 Å². The molecule has 2 heterocycles. The Balaban J connectivity index is 2.07. The van der Waals surface area contributed by atoms with Crippen molar-refractivity contribution in [2.24, 2.45) is 0 Å². The lowest BCUT2D eigenvalue weighted by molar-refractivity contribution is -0.213. The molecular formula is C14H14O4. The van der Waals surface area contributed by atoms with Crippen LogP contribution in [-0.2, 0) is 9.47 Å². The molecule has 1 aromatic heterocycles. The van der Waals surface area contributed by atoms with E-state index in [0.717, 1.165) is 6.42 Å². The van der Waals surface area contributed by atoms with E-state index < -0.39 is 6.29 Å². The fourth-order valence-electron chi connectivity index (χ4n) is 2.08. The van der Waals surface area contributed by atoms with Crippen molar-refractivity contribution in [3.8, 4) is 0 Å². The Morgan fingerprint density at radius 3 is 2.94 bits per heavy atom. The van der Waals surface area contributed by atoms with E-state index in [0.29, 0.717) is 23.1 Å². The third-order valence-corrected chi connectivity index (χ3v) is 3.11. The Morgan fingerprint density at radius 2 is 2.11 bits per heavy atom. The van der Waals surface area contributed by atoms with E-state index in [2.05, 4.69) is 0 Å². The minimum absolute atomic E-state index is 0.0871. The van der Waals surface area contributed by atoms with Gasteiger partial charge >= 0.3 is 0 Å². The van der Waals surface area contributed by atoms with Crippen molar-refractivity contribution < 1.29 is 13.9 Å². The zero-order chi connectivity index (χ0) is 12.5. The minimum atomic E-state index is -0.616. The van der Waals surface area contributed by atoms with Gasteiger partial charge in [-0.3, -0.25) is 4.79 Å². The molecule has 3 rings (SSSR count). The first-order chi connectivity index (χ1) is 8.75. The third kappa shape index (κ3) is 1.94. The van der Waals surface area contributed by atoms with E-state index in [1.54, 1.807) is 12.1 Å². The molecule has 4 nitrogen and oxygen atoms in total. The Hall–Kier alpha value is -1.65. The van der Waals surface area contributed by atoms with E-state index in [-0.39, 0.29) is 11.5 Å². The summed E-state index contributed by atoms with van der Waals surface area (Å²) < 4.78 is 16.6. The van der Waals surface area contributed by atoms with Crippen LogP contribution in [0.5, 0.6) is 0 Å². The second-order valence-electron chi connectivity index (χ2n) is 4.45. The van der Waals surface area contributed by atoms with Crippen molar-refractivity contribution in [3.63, 3.8) is 0 Å². The zero-order valence-corrected chi connectivity index (χ0v) is 10.1. The lowest BCUT2D eigenvalue weighted by Gasteiger charge is -2.27. The van der Waals surface area contributed by atoms with Gasteiger partial charge in [-0.25, -0.2) is 0 Å². The second-order valence-corrected chi connectivity index (χ2v) is 4.45. The van der Waals surface area contributed by atoms with Gasteiger partial charge in [0, 0.05) is 0 Å². The molecule has 1 saturated heterocycles. The molecule has 0 aliphatic carbocycles. The molecule has 4 heteroatoms. The van der Waals surface area contributed by atoms with Gasteiger partial charge in [-0.2, -0.15) is 0 Å². The van der Waals surface area contributed by atoms with E-state index in [1.165, 1.54) is 6.26 Å². The van der Waals surface area contributed by atoms with Gasteiger partial charge in [0.15, 0.2) is 6.29 Å². The smallest absolute Gasteiger partial charge is 0.200 e. The van der Waals surface area contributed by atoms with E-state index >= 15 is 0 Å². The van der Waals surface area contributed by atoms with Crippen LogP contribution in [0.15, 0.2) is 39.7 Å². The summed E-state index contributed by atoms with van der Waals surface area (Å²) in [5.41, 5.74) is 0.923. The van der Waals surface area contributed by atoms with Crippen molar-refractivity contribution in [2.45, 2.75) is 25.7 Å². The molecule has 0 saturated carbocycles. The summed E-state index contributed by atoms with van der Waals surface area (Å²) in [6, 6.07) is 7.16. The largest absolute Gasteiger partial charge is 0.464 e.